The average molecular weight is 414 g/mol. The Labute approximate surface area is 168 Å². The predicted molar refractivity (Wildman–Crippen MR) is 110 cm³/mol. The van der Waals surface area contributed by atoms with Gasteiger partial charge in [-0.15, -0.1) is 0 Å². The molecule has 1 heterocycles. The number of sulfonamides is 1. The van der Waals surface area contributed by atoms with Crippen LogP contribution < -0.4 is 15.6 Å². The van der Waals surface area contributed by atoms with Crippen molar-refractivity contribution in [3.8, 4) is 0 Å². The molecule has 0 saturated heterocycles. The monoisotopic (exact) mass is 414 g/mol. The number of benzene rings is 2. The molecular formula is C20H22N4O4S. The fraction of sp³-hybridized carbons (Fsp3) is 0.250. The third-order valence-electron chi connectivity index (χ3n) is 4.14. The molecule has 152 valence electrons. The van der Waals surface area contributed by atoms with Gasteiger partial charge < -0.3 is 5.32 Å². The Morgan fingerprint density at radius 3 is 2.66 bits per heavy atom. The third kappa shape index (κ3) is 5.07. The van der Waals surface area contributed by atoms with E-state index >= 15 is 0 Å². The molecule has 0 saturated carbocycles. The number of carbonyl (C=O) groups is 1. The van der Waals surface area contributed by atoms with Crippen molar-refractivity contribution in [2.24, 2.45) is 0 Å². The molecular weight excluding hydrogens is 392 g/mol. The van der Waals surface area contributed by atoms with Crippen molar-refractivity contribution in [2.45, 2.75) is 37.9 Å². The van der Waals surface area contributed by atoms with Crippen LogP contribution in [0.5, 0.6) is 0 Å². The molecule has 0 aliphatic carbocycles. The van der Waals surface area contributed by atoms with Crippen LogP contribution in [0.25, 0.3) is 11.0 Å². The Morgan fingerprint density at radius 2 is 1.90 bits per heavy atom. The Bertz CT molecular complexity index is 1200. The molecule has 1 aromatic heterocycles. The predicted octanol–water partition coefficient (Wildman–Crippen LogP) is 1.40. The quantitative estimate of drug-likeness (QED) is 0.607. The fourth-order valence-electron chi connectivity index (χ4n) is 2.88. The van der Waals surface area contributed by atoms with E-state index in [9.17, 15) is 18.0 Å². The number of carbonyl (C=O) groups excluding carboxylic acids is 1. The minimum absolute atomic E-state index is 0.134. The molecule has 0 radical (unpaired) electrons. The lowest BCUT2D eigenvalue weighted by molar-refractivity contribution is -0.121. The van der Waals surface area contributed by atoms with Gasteiger partial charge in [0.2, 0.25) is 15.9 Å². The second-order valence-electron chi connectivity index (χ2n) is 6.87. The largest absolute Gasteiger partial charge is 0.350 e. The van der Waals surface area contributed by atoms with E-state index in [1.165, 1.54) is 22.9 Å². The second kappa shape index (κ2) is 8.54. The van der Waals surface area contributed by atoms with Gasteiger partial charge in [-0.05, 0) is 43.7 Å². The molecule has 0 fully saturated rings. The summed E-state index contributed by atoms with van der Waals surface area (Å²) in [6, 6.07) is 13.2. The maximum Gasteiger partial charge on any atom is 0.269 e. The van der Waals surface area contributed by atoms with Crippen LogP contribution in [0.15, 0.2) is 64.4 Å². The van der Waals surface area contributed by atoms with Crippen LogP contribution in [-0.4, -0.2) is 29.9 Å². The lowest BCUT2D eigenvalue weighted by Crippen LogP contribution is -2.32. The lowest BCUT2D eigenvalue weighted by Gasteiger charge is -2.12. The van der Waals surface area contributed by atoms with E-state index in [1.54, 1.807) is 50.2 Å². The topological polar surface area (TPSA) is 110 Å². The summed E-state index contributed by atoms with van der Waals surface area (Å²) in [5.74, 6) is -0.364. The van der Waals surface area contributed by atoms with Gasteiger partial charge >= 0.3 is 0 Å². The van der Waals surface area contributed by atoms with Crippen LogP contribution in [0.2, 0.25) is 0 Å². The molecule has 0 aliphatic rings. The highest BCUT2D eigenvalue weighted by molar-refractivity contribution is 7.89. The van der Waals surface area contributed by atoms with Crippen LogP contribution in [0.3, 0.4) is 0 Å². The number of hydrogen-bond donors (Lipinski definition) is 2. The first-order valence-electron chi connectivity index (χ1n) is 9.09. The summed E-state index contributed by atoms with van der Waals surface area (Å²) in [5, 5.41) is 2.72. The Kier molecular flexibility index (Phi) is 6.09. The number of rotatable bonds is 7. The minimum atomic E-state index is -3.61. The van der Waals surface area contributed by atoms with E-state index in [0.717, 1.165) is 0 Å². The first kappa shape index (κ1) is 20.7. The summed E-state index contributed by atoms with van der Waals surface area (Å²) >= 11 is 0. The summed E-state index contributed by atoms with van der Waals surface area (Å²) in [7, 11) is -3.61. The zero-order chi connectivity index (χ0) is 21.0. The maximum absolute atomic E-state index is 12.4. The molecule has 0 spiro atoms. The molecule has 2 aromatic carbocycles. The van der Waals surface area contributed by atoms with Gasteiger partial charge in [0.05, 0.1) is 22.1 Å². The van der Waals surface area contributed by atoms with Crippen LogP contribution >= 0.6 is 0 Å². The Hall–Kier alpha value is -3.04. The van der Waals surface area contributed by atoms with Crippen molar-refractivity contribution in [3.63, 3.8) is 0 Å². The van der Waals surface area contributed by atoms with Gasteiger partial charge in [0, 0.05) is 12.6 Å². The van der Waals surface area contributed by atoms with Gasteiger partial charge in [-0.1, -0.05) is 24.3 Å². The first-order valence-corrected chi connectivity index (χ1v) is 10.6. The summed E-state index contributed by atoms with van der Waals surface area (Å²) in [5.41, 5.74) is 1.46. The maximum atomic E-state index is 12.4. The number of para-hydroxylation sites is 2. The molecule has 2 N–H and O–H groups in total. The minimum Gasteiger partial charge on any atom is -0.350 e. The van der Waals surface area contributed by atoms with E-state index in [2.05, 4.69) is 15.0 Å². The average Bonchev–Trinajstić information content (AvgIpc) is 2.68. The van der Waals surface area contributed by atoms with E-state index in [1.807, 2.05) is 0 Å². The fourth-order valence-corrected chi connectivity index (χ4v) is 4.20. The number of aromatic nitrogens is 2. The van der Waals surface area contributed by atoms with Crippen molar-refractivity contribution in [1.82, 2.24) is 19.6 Å². The van der Waals surface area contributed by atoms with E-state index in [-0.39, 0.29) is 35.5 Å². The van der Waals surface area contributed by atoms with Crippen LogP contribution in [-0.2, 0) is 27.9 Å². The van der Waals surface area contributed by atoms with Crippen LogP contribution in [0.4, 0.5) is 0 Å². The molecule has 1 amide bonds. The highest BCUT2D eigenvalue weighted by atomic mass is 32.2. The number of amides is 1. The molecule has 0 atom stereocenters. The van der Waals surface area contributed by atoms with E-state index < -0.39 is 10.0 Å². The number of nitrogens with one attached hydrogen (secondary N) is 2. The number of nitrogens with zero attached hydrogens (tertiary/aromatic N) is 2. The second-order valence-corrected chi connectivity index (χ2v) is 8.59. The van der Waals surface area contributed by atoms with Gasteiger partial charge in [-0.2, -0.15) is 0 Å². The molecule has 29 heavy (non-hydrogen) atoms. The van der Waals surface area contributed by atoms with Crippen LogP contribution in [0, 0.1) is 0 Å². The summed E-state index contributed by atoms with van der Waals surface area (Å²) in [4.78, 5) is 28.7. The smallest absolute Gasteiger partial charge is 0.269 e. The zero-order valence-corrected chi connectivity index (χ0v) is 16.9. The highest BCUT2D eigenvalue weighted by Crippen LogP contribution is 2.12. The van der Waals surface area contributed by atoms with Gasteiger partial charge in [0.25, 0.3) is 5.56 Å². The standard InChI is InChI=1S/C20H22N4O4S/c1-14(2)23-29(27,28)16-7-5-6-15(10-16)11-22-19(25)13-24-18-9-4-3-8-17(18)21-12-20(24)26/h3-10,12,14,23H,11,13H2,1-2H3,(H,22,25). The van der Waals surface area contributed by atoms with Gasteiger partial charge in [-0.3, -0.25) is 14.2 Å². The summed E-state index contributed by atoms with van der Waals surface area (Å²) in [6.07, 6.45) is 1.19. The van der Waals surface area contributed by atoms with Gasteiger partial charge in [0.1, 0.15) is 6.54 Å². The molecule has 0 aliphatic heterocycles. The van der Waals surface area contributed by atoms with Crippen molar-refractivity contribution in [3.05, 3.63) is 70.6 Å². The third-order valence-corrected chi connectivity index (χ3v) is 5.80. The van der Waals surface area contributed by atoms with Crippen LogP contribution in [0.1, 0.15) is 19.4 Å². The Morgan fingerprint density at radius 1 is 1.14 bits per heavy atom. The SMILES string of the molecule is CC(C)NS(=O)(=O)c1cccc(CNC(=O)Cn2c(=O)cnc3ccccc32)c1. The Balaban J connectivity index is 1.72. The lowest BCUT2D eigenvalue weighted by atomic mass is 10.2. The number of hydrogen-bond acceptors (Lipinski definition) is 5. The van der Waals surface area contributed by atoms with Crippen molar-refractivity contribution >= 4 is 27.0 Å². The normalized spacial score (nSPS) is 11.7. The summed E-state index contributed by atoms with van der Waals surface area (Å²) < 4.78 is 28.5. The van der Waals surface area contributed by atoms with Crippen molar-refractivity contribution in [2.75, 3.05) is 0 Å². The molecule has 0 unspecified atom stereocenters. The summed E-state index contributed by atoms with van der Waals surface area (Å²) in [6.45, 7) is 3.47. The van der Waals surface area contributed by atoms with Gasteiger partial charge in [0.15, 0.2) is 0 Å². The van der Waals surface area contributed by atoms with Crippen molar-refractivity contribution in [1.29, 1.82) is 0 Å². The molecule has 0 bridgehead atoms. The van der Waals surface area contributed by atoms with Gasteiger partial charge in [-0.25, -0.2) is 18.1 Å². The molecule has 3 rings (SSSR count). The zero-order valence-electron chi connectivity index (χ0n) is 16.1. The first-order chi connectivity index (χ1) is 13.8. The molecule has 9 heteroatoms. The molecule has 3 aromatic rings. The highest BCUT2D eigenvalue weighted by Gasteiger charge is 2.16. The molecule has 8 nitrogen and oxygen atoms in total. The number of fused-ring (bicyclic) bond motifs is 1. The van der Waals surface area contributed by atoms with E-state index in [4.69, 9.17) is 0 Å². The van der Waals surface area contributed by atoms with E-state index in [0.29, 0.717) is 16.6 Å². The van der Waals surface area contributed by atoms with Crippen molar-refractivity contribution < 1.29 is 13.2 Å².